The van der Waals surface area contributed by atoms with Crippen LogP contribution in [0.1, 0.15) is 10.5 Å². The highest BCUT2D eigenvalue weighted by atomic mass is 16.7. The van der Waals surface area contributed by atoms with Gasteiger partial charge in [0.05, 0.1) is 11.9 Å². The van der Waals surface area contributed by atoms with Crippen molar-refractivity contribution >= 4 is 23.0 Å². The number of anilines is 3. The molecule has 0 atom stereocenters. The molecule has 0 saturated heterocycles. The Morgan fingerprint density at radius 3 is 2.54 bits per heavy atom. The molecule has 26 heavy (non-hydrogen) atoms. The molecule has 130 valence electrons. The van der Waals surface area contributed by atoms with E-state index in [1.165, 1.54) is 0 Å². The van der Waals surface area contributed by atoms with Crippen LogP contribution >= 0.6 is 0 Å². The van der Waals surface area contributed by atoms with Crippen molar-refractivity contribution in [1.82, 2.24) is 4.98 Å². The minimum Gasteiger partial charge on any atom is -0.454 e. The number of ether oxygens (including phenoxy) is 2. The van der Waals surface area contributed by atoms with E-state index < -0.39 is 0 Å². The molecular weight excluding hydrogens is 330 g/mol. The minimum atomic E-state index is -0.161. The van der Waals surface area contributed by atoms with E-state index in [2.05, 4.69) is 10.3 Å². The van der Waals surface area contributed by atoms with Crippen LogP contribution in [0.25, 0.3) is 0 Å². The van der Waals surface area contributed by atoms with E-state index in [1.54, 1.807) is 24.2 Å². The predicted molar refractivity (Wildman–Crippen MR) is 99.3 cm³/mol. The quantitative estimate of drug-likeness (QED) is 0.777. The van der Waals surface area contributed by atoms with E-state index >= 15 is 0 Å². The number of nitrogens with one attached hydrogen (secondary N) is 1. The second kappa shape index (κ2) is 6.76. The number of nitrogens with zero attached hydrogens (tertiary/aromatic N) is 2. The number of carbonyl (C=O) groups is 1. The van der Waals surface area contributed by atoms with Crippen LogP contribution in [-0.4, -0.2) is 24.7 Å². The lowest BCUT2D eigenvalue weighted by atomic mass is 10.2. The molecule has 1 N–H and O–H groups in total. The maximum Gasteiger partial charge on any atom is 0.276 e. The molecule has 1 amide bonds. The van der Waals surface area contributed by atoms with Gasteiger partial charge in [-0.2, -0.15) is 0 Å². The van der Waals surface area contributed by atoms with E-state index in [0.29, 0.717) is 11.4 Å². The summed E-state index contributed by atoms with van der Waals surface area (Å²) >= 11 is 0. The van der Waals surface area contributed by atoms with Gasteiger partial charge in [0, 0.05) is 24.5 Å². The summed E-state index contributed by atoms with van der Waals surface area (Å²) in [6.45, 7) is 0.242. The van der Waals surface area contributed by atoms with Gasteiger partial charge in [0.25, 0.3) is 5.91 Å². The molecule has 6 nitrogen and oxygen atoms in total. The smallest absolute Gasteiger partial charge is 0.276 e. The zero-order valence-electron chi connectivity index (χ0n) is 14.2. The molecule has 0 fully saturated rings. The first-order valence-electron chi connectivity index (χ1n) is 8.16. The molecule has 0 aliphatic carbocycles. The number of para-hydroxylation sites is 1. The van der Waals surface area contributed by atoms with Crippen LogP contribution in [-0.2, 0) is 0 Å². The van der Waals surface area contributed by atoms with Crippen molar-refractivity contribution in [3.05, 3.63) is 72.6 Å². The average molecular weight is 347 g/mol. The molecule has 0 bridgehead atoms. The fourth-order valence-electron chi connectivity index (χ4n) is 2.68. The Labute approximate surface area is 151 Å². The number of fused-ring (bicyclic) bond motifs is 1. The lowest BCUT2D eigenvalue weighted by molar-refractivity contribution is 0.0988. The van der Waals surface area contributed by atoms with Crippen LogP contribution in [0.15, 0.2) is 66.9 Å². The van der Waals surface area contributed by atoms with Gasteiger partial charge < -0.3 is 19.7 Å². The monoisotopic (exact) mass is 347 g/mol. The topological polar surface area (TPSA) is 63.7 Å². The third kappa shape index (κ3) is 3.17. The first-order chi connectivity index (χ1) is 12.7. The highest BCUT2D eigenvalue weighted by molar-refractivity contribution is 6.04. The van der Waals surface area contributed by atoms with Crippen molar-refractivity contribution in [2.24, 2.45) is 0 Å². The number of hydrogen-bond acceptors (Lipinski definition) is 5. The van der Waals surface area contributed by atoms with Gasteiger partial charge in [-0.25, -0.2) is 4.98 Å². The first kappa shape index (κ1) is 16.0. The van der Waals surface area contributed by atoms with E-state index in [9.17, 15) is 4.79 Å². The van der Waals surface area contributed by atoms with Crippen molar-refractivity contribution in [3.8, 4) is 11.5 Å². The molecule has 6 heteroatoms. The highest BCUT2D eigenvalue weighted by Gasteiger charge is 2.15. The Kier molecular flexibility index (Phi) is 4.15. The number of aromatic nitrogens is 1. The van der Waals surface area contributed by atoms with Crippen LogP contribution in [0.5, 0.6) is 11.5 Å². The number of rotatable bonds is 4. The summed E-state index contributed by atoms with van der Waals surface area (Å²) in [5.41, 5.74) is 2.84. The van der Waals surface area contributed by atoms with Gasteiger partial charge >= 0.3 is 0 Å². The van der Waals surface area contributed by atoms with Crippen molar-refractivity contribution in [1.29, 1.82) is 0 Å². The SMILES string of the molecule is CN(C(=O)c1ccc(Nc2ccc3c(c2)OCO3)cn1)c1ccccc1. The van der Waals surface area contributed by atoms with Gasteiger partial charge in [-0.15, -0.1) is 0 Å². The molecule has 0 unspecified atom stereocenters. The highest BCUT2D eigenvalue weighted by Crippen LogP contribution is 2.35. The number of amides is 1. The summed E-state index contributed by atoms with van der Waals surface area (Å²) in [5, 5.41) is 3.24. The summed E-state index contributed by atoms with van der Waals surface area (Å²) in [4.78, 5) is 18.4. The van der Waals surface area contributed by atoms with Gasteiger partial charge in [-0.1, -0.05) is 18.2 Å². The second-order valence-electron chi connectivity index (χ2n) is 5.82. The molecule has 1 aliphatic rings. The number of benzene rings is 2. The van der Waals surface area contributed by atoms with Gasteiger partial charge in [0.2, 0.25) is 6.79 Å². The van der Waals surface area contributed by atoms with Crippen molar-refractivity contribution in [3.63, 3.8) is 0 Å². The van der Waals surface area contributed by atoms with Crippen LogP contribution in [0.4, 0.5) is 17.1 Å². The standard InChI is InChI=1S/C20H17N3O3/c1-23(16-5-3-2-4-6-16)20(24)17-9-7-15(12-21-17)22-14-8-10-18-19(11-14)26-13-25-18/h2-12,22H,13H2,1H3. The molecule has 0 saturated carbocycles. The first-order valence-corrected chi connectivity index (χ1v) is 8.16. The van der Waals surface area contributed by atoms with E-state index in [1.807, 2.05) is 54.6 Å². The number of hydrogen-bond donors (Lipinski definition) is 1. The number of pyridine rings is 1. The molecule has 2 aromatic carbocycles. The zero-order chi connectivity index (χ0) is 17.9. The van der Waals surface area contributed by atoms with Crippen LogP contribution in [0.3, 0.4) is 0 Å². The Bertz CT molecular complexity index is 927. The predicted octanol–water partition coefficient (Wildman–Crippen LogP) is 3.83. The summed E-state index contributed by atoms with van der Waals surface area (Å²) < 4.78 is 10.7. The van der Waals surface area contributed by atoms with Crippen molar-refractivity contribution < 1.29 is 14.3 Å². The van der Waals surface area contributed by atoms with Gasteiger partial charge in [-0.05, 0) is 36.4 Å². The molecule has 1 aliphatic heterocycles. The van der Waals surface area contributed by atoms with E-state index in [-0.39, 0.29) is 12.7 Å². The maximum atomic E-state index is 12.6. The van der Waals surface area contributed by atoms with Gasteiger partial charge in [0.1, 0.15) is 5.69 Å². The average Bonchev–Trinajstić information content (AvgIpc) is 3.16. The fourth-order valence-corrected chi connectivity index (χ4v) is 2.68. The lowest BCUT2D eigenvalue weighted by Gasteiger charge is -2.16. The molecule has 2 heterocycles. The zero-order valence-corrected chi connectivity index (χ0v) is 14.2. The Morgan fingerprint density at radius 2 is 1.77 bits per heavy atom. The normalized spacial score (nSPS) is 11.9. The molecule has 0 spiro atoms. The van der Waals surface area contributed by atoms with Crippen molar-refractivity contribution in [2.75, 3.05) is 24.1 Å². The Hall–Kier alpha value is -3.54. The lowest BCUT2D eigenvalue weighted by Crippen LogP contribution is -2.26. The van der Waals surface area contributed by atoms with E-state index in [4.69, 9.17) is 9.47 Å². The molecule has 4 rings (SSSR count). The van der Waals surface area contributed by atoms with Gasteiger partial charge in [0.15, 0.2) is 11.5 Å². The van der Waals surface area contributed by atoms with Crippen molar-refractivity contribution in [2.45, 2.75) is 0 Å². The van der Waals surface area contributed by atoms with Crippen LogP contribution < -0.4 is 19.7 Å². The second-order valence-corrected chi connectivity index (χ2v) is 5.82. The fraction of sp³-hybridized carbons (Fsp3) is 0.100. The Balaban J connectivity index is 1.47. The Morgan fingerprint density at radius 1 is 1.00 bits per heavy atom. The number of carbonyl (C=O) groups excluding carboxylic acids is 1. The largest absolute Gasteiger partial charge is 0.454 e. The third-order valence-corrected chi connectivity index (χ3v) is 4.09. The van der Waals surface area contributed by atoms with Crippen LogP contribution in [0, 0.1) is 0 Å². The molecule has 3 aromatic rings. The molecule has 1 aromatic heterocycles. The summed E-state index contributed by atoms with van der Waals surface area (Å²) in [6.07, 6.45) is 1.64. The van der Waals surface area contributed by atoms with Crippen LogP contribution in [0.2, 0.25) is 0 Å². The van der Waals surface area contributed by atoms with E-state index in [0.717, 1.165) is 22.8 Å². The molecule has 0 radical (unpaired) electrons. The minimum absolute atomic E-state index is 0.161. The third-order valence-electron chi connectivity index (χ3n) is 4.09. The summed E-state index contributed by atoms with van der Waals surface area (Å²) in [7, 11) is 1.73. The summed E-state index contributed by atoms with van der Waals surface area (Å²) in [6, 6.07) is 18.6. The molecular formula is C20H17N3O3. The maximum absolute atomic E-state index is 12.6. The summed E-state index contributed by atoms with van der Waals surface area (Å²) in [5.74, 6) is 1.28. The van der Waals surface area contributed by atoms with Gasteiger partial charge in [-0.3, -0.25) is 4.79 Å².